The van der Waals surface area contributed by atoms with Crippen LogP contribution in [-0.4, -0.2) is 43.0 Å². The van der Waals surface area contributed by atoms with Crippen LogP contribution in [0.25, 0.3) is 0 Å². The van der Waals surface area contributed by atoms with Crippen molar-refractivity contribution in [3.63, 3.8) is 0 Å². The summed E-state index contributed by atoms with van der Waals surface area (Å²) in [4.78, 5) is 27.2. The summed E-state index contributed by atoms with van der Waals surface area (Å²) in [5, 5.41) is 2.91. The monoisotopic (exact) mass is 412 g/mol. The summed E-state index contributed by atoms with van der Waals surface area (Å²) >= 11 is 0. The van der Waals surface area contributed by atoms with E-state index in [4.69, 9.17) is 9.47 Å². The van der Waals surface area contributed by atoms with Crippen LogP contribution in [0, 0.1) is 12.8 Å². The number of hydrogen-bond donors (Lipinski definition) is 1. The van der Waals surface area contributed by atoms with Crippen LogP contribution >= 0.6 is 0 Å². The second-order valence-corrected chi connectivity index (χ2v) is 7.74. The summed E-state index contributed by atoms with van der Waals surface area (Å²) in [5.74, 6) is 1.30. The molecule has 2 amide bonds. The molecule has 0 saturated carbocycles. The normalized spacial score (nSPS) is 11.7. The number of nitrogens with zero attached hydrogens (tertiary/aromatic N) is 1. The molecule has 2 rings (SSSR count). The van der Waals surface area contributed by atoms with Crippen molar-refractivity contribution in [2.75, 3.05) is 20.3 Å². The van der Waals surface area contributed by atoms with Crippen molar-refractivity contribution in [3.8, 4) is 11.5 Å². The predicted molar refractivity (Wildman–Crippen MR) is 118 cm³/mol. The van der Waals surface area contributed by atoms with E-state index in [0.717, 1.165) is 16.9 Å². The summed E-state index contributed by atoms with van der Waals surface area (Å²) in [5.41, 5.74) is 1.86. The van der Waals surface area contributed by atoms with Crippen molar-refractivity contribution in [2.24, 2.45) is 5.92 Å². The summed E-state index contributed by atoms with van der Waals surface area (Å²) in [7, 11) is 1.61. The van der Waals surface area contributed by atoms with Crippen molar-refractivity contribution in [1.82, 2.24) is 10.2 Å². The summed E-state index contributed by atoms with van der Waals surface area (Å²) in [6, 6.07) is 14.4. The minimum absolute atomic E-state index is 0.136. The lowest BCUT2D eigenvalue weighted by atomic mass is 10.1. The molecule has 0 radical (unpaired) electrons. The van der Waals surface area contributed by atoms with Gasteiger partial charge in [0.15, 0.2) is 6.61 Å². The van der Waals surface area contributed by atoms with E-state index in [1.165, 1.54) is 0 Å². The third-order valence-electron chi connectivity index (χ3n) is 4.81. The van der Waals surface area contributed by atoms with Gasteiger partial charge in [0.05, 0.1) is 7.11 Å². The van der Waals surface area contributed by atoms with Gasteiger partial charge in [0.25, 0.3) is 5.91 Å². The zero-order valence-electron chi connectivity index (χ0n) is 18.5. The molecule has 0 saturated heterocycles. The van der Waals surface area contributed by atoms with E-state index in [9.17, 15) is 9.59 Å². The SMILES string of the molecule is COc1ccc(CN(C(=O)COc2ccccc2C)[C@@H](C)C(=O)NCC(C)C)cc1. The Kier molecular flexibility index (Phi) is 8.71. The average molecular weight is 413 g/mol. The molecule has 0 heterocycles. The maximum absolute atomic E-state index is 13.0. The van der Waals surface area contributed by atoms with Crippen molar-refractivity contribution in [3.05, 3.63) is 59.7 Å². The summed E-state index contributed by atoms with van der Waals surface area (Å²) < 4.78 is 10.9. The molecule has 30 heavy (non-hydrogen) atoms. The first-order valence-electron chi connectivity index (χ1n) is 10.2. The molecule has 2 aromatic rings. The summed E-state index contributed by atoms with van der Waals surface area (Å²) in [6.45, 7) is 8.46. The molecule has 0 aromatic heterocycles. The lowest BCUT2D eigenvalue weighted by molar-refractivity contribution is -0.142. The van der Waals surface area contributed by atoms with Gasteiger partial charge in [-0.25, -0.2) is 0 Å². The number of carbonyl (C=O) groups is 2. The second kappa shape index (κ2) is 11.2. The Balaban J connectivity index is 2.14. The smallest absolute Gasteiger partial charge is 0.261 e. The predicted octanol–water partition coefficient (Wildman–Crippen LogP) is 3.57. The van der Waals surface area contributed by atoms with Crippen LogP contribution in [-0.2, 0) is 16.1 Å². The van der Waals surface area contributed by atoms with Crippen LogP contribution in [0.15, 0.2) is 48.5 Å². The Morgan fingerprint density at radius 1 is 1.03 bits per heavy atom. The first-order valence-corrected chi connectivity index (χ1v) is 10.2. The fourth-order valence-corrected chi connectivity index (χ4v) is 2.90. The van der Waals surface area contributed by atoms with Crippen molar-refractivity contribution < 1.29 is 19.1 Å². The molecule has 0 aliphatic rings. The second-order valence-electron chi connectivity index (χ2n) is 7.74. The van der Waals surface area contributed by atoms with Crippen LogP contribution in [0.1, 0.15) is 31.9 Å². The van der Waals surface area contributed by atoms with Crippen molar-refractivity contribution >= 4 is 11.8 Å². The lowest BCUT2D eigenvalue weighted by Gasteiger charge is -2.29. The van der Waals surface area contributed by atoms with Gasteiger partial charge in [0, 0.05) is 13.1 Å². The zero-order valence-corrected chi connectivity index (χ0v) is 18.5. The maximum atomic E-state index is 13.0. The molecule has 2 aromatic carbocycles. The number of ether oxygens (including phenoxy) is 2. The van der Waals surface area contributed by atoms with E-state index in [2.05, 4.69) is 5.32 Å². The van der Waals surface area contributed by atoms with Crippen LogP contribution in [0.4, 0.5) is 0 Å². The average Bonchev–Trinajstić information content (AvgIpc) is 2.74. The molecule has 0 fully saturated rings. The Labute approximate surface area is 179 Å². The molecule has 6 nitrogen and oxygen atoms in total. The van der Waals surface area contributed by atoms with Crippen LogP contribution in [0.3, 0.4) is 0 Å². The molecule has 0 bridgehead atoms. The Morgan fingerprint density at radius 3 is 2.30 bits per heavy atom. The molecule has 0 unspecified atom stereocenters. The molecule has 1 atom stereocenters. The van der Waals surface area contributed by atoms with Gasteiger partial charge < -0.3 is 19.7 Å². The topological polar surface area (TPSA) is 67.9 Å². The number of carbonyl (C=O) groups excluding carboxylic acids is 2. The van der Waals surface area contributed by atoms with Crippen molar-refractivity contribution in [1.29, 1.82) is 0 Å². The number of para-hydroxylation sites is 1. The van der Waals surface area contributed by atoms with E-state index >= 15 is 0 Å². The zero-order chi connectivity index (χ0) is 22.1. The molecular weight excluding hydrogens is 380 g/mol. The quantitative estimate of drug-likeness (QED) is 0.648. The first-order chi connectivity index (χ1) is 14.3. The number of amides is 2. The molecular formula is C24H32N2O4. The fraction of sp³-hybridized carbons (Fsp3) is 0.417. The molecule has 1 N–H and O–H groups in total. The Bertz CT molecular complexity index is 833. The van der Waals surface area contributed by atoms with Gasteiger partial charge in [-0.3, -0.25) is 9.59 Å². The van der Waals surface area contributed by atoms with Crippen molar-refractivity contribution in [2.45, 2.75) is 40.3 Å². The number of hydrogen-bond acceptors (Lipinski definition) is 4. The highest BCUT2D eigenvalue weighted by molar-refractivity contribution is 5.88. The minimum Gasteiger partial charge on any atom is -0.497 e. The molecule has 6 heteroatoms. The molecule has 0 aliphatic heterocycles. The van der Waals surface area contributed by atoms with E-state index in [-0.39, 0.29) is 18.4 Å². The number of methoxy groups -OCH3 is 1. The van der Waals surface area contributed by atoms with Crippen LogP contribution in [0.2, 0.25) is 0 Å². The largest absolute Gasteiger partial charge is 0.497 e. The molecule has 162 valence electrons. The molecule has 0 aliphatic carbocycles. The third kappa shape index (κ3) is 6.79. The van der Waals surface area contributed by atoms with E-state index in [1.54, 1.807) is 18.9 Å². The van der Waals surface area contributed by atoms with Gasteiger partial charge in [0.2, 0.25) is 5.91 Å². The lowest BCUT2D eigenvalue weighted by Crippen LogP contribution is -2.49. The highest BCUT2D eigenvalue weighted by Gasteiger charge is 2.26. The van der Waals surface area contributed by atoms with Crippen LogP contribution in [0.5, 0.6) is 11.5 Å². The van der Waals surface area contributed by atoms with Gasteiger partial charge in [-0.1, -0.05) is 44.2 Å². The van der Waals surface area contributed by atoms with E-state index < -0.39 is 6.04 Å². The highest BCUT2D eigenvalue weighted by Crippen LogP contribution is 2.18. The van der Waals surface area contributed by atoms with Gasteiger partial charge in [-0.2, -0.15) is 0 Å². The van der Waals surface area contributed by atoms with E-state index in [1.807, 2.05) is 69.3 Å². The Hall–Kier alpha value is -3.02. The number of benzene rings is 2. The first kappa shape index (κ1) is 23.3. The number of aryl methyl sites for hydroxylation is 1. The van der Waals surface area contributed by atoms with E-state index in [0.29, 0.717) is 24.8 Å². The number of rotatable bonds is 10. The number of nitrogens with one attached hydrogen (secondary N) is 1. The summed E-state index contributed by atoms with van der Waals surface area (Å²) in [6.07, 6.45) is 0. The fourth-order valence-electron chi connectivity index (χ4n) is 2.90. The van der Waals surface area contributed by atoms with Gasteiger partial charge in [-0.15, -0.1) is 0 Å². The molecule has 0 spiro atoms. The minimum atomic E-state index is -0.626. The maximum Gasteiger partial charge on any atom is 0.261 e. The Morgan fingerprint density at radius 2 is 1.70 bits per heavy atom. The van der Waals surface area contributed by atoms with Gasteiger partial charge in [0.1, 0.15) is 17.5 Å². The standard InChI is InChI=1S/C24H32N2O4/c1-17(2)14-25-24(28)19(4)26(15-20-10-12-21(29-5)13-11-20)23(27)16-30-22-9-7-6-8-18(22)3/h6-13,17,19H,14-16H2,1-5H3,(H,25,28)/t19-/m0/s1. The highest BCUT2D eigenvalue weighted by atomic mass is 16.5. The van der Waals surface area contributed by atoms with Gasteiger partial charge in [-0.05, 0) is 49.1 Å². The van der Waals surface area contributed by atoms with Gasteiger partial charge >= 0.3 is 0 Å². The van der Waals surface area contributed by atoms with Crippen LogP contribution < -0.4 is 14.8 Å². The third-order valence-corrected chi connectivity index (χ3v) is 4.81.